The highest BCUT2D eigenvalue weighted by Crippen LogP contribution is 2.31. The minimum Gasteiger partial charge on any atom is -0.229 e. The van der Waals surface area contributed by atoms with Gasteiger partial charge < -0.3 is 0 Å². The van der Waals surface area contributed by atoms with E-state index < -0.39 is 25.9 Å². The van der Waals surface area contributed by atoms with E-state index in [1.165, 1.54) is 4.31 Å². The summed E-state index contributed by atoms with van der Waals surface area (Å²) < 4.78 is 51.3. The molecule has 7 heteroatoms. The van der Waals surface area contributed by atoms with E-state index in [2.05, 4.69) is 0 Å². The van der Waals surface area contributed by atoms with Crippen LogP contribution in [0.3, 0.4) is 0 Å². The Labute approximate surface area is 144 Å². The maximum atomic E-state index is 13.1. The highest BCUT2D eigenvalue weighted by Gasteiger charge is 2.39. The van der Waals surface area contributed by atoms with Gasteiger partial charge >= 0.3 is 0 Å². The third-order valence-electron chi connectivity index (χ3n) is 4.71. The van der Waals surface area contributed by atoms with E-state index in [-0.39, 0.29) is 11.5 Å². The first-order chi connectivity index (χ1) is 11.3. The number of fused-ring (bicyclic) bond motifs is 1. The van der Waals surface area contributed by atoms with Crippen molar-refractivity contribution < 1.29 is 16.8 Å². The zero-order valence-corrected chi connectivity index (χ0v) is 15.4. The lowest BCUT2D eigenvalue weighted by Crippen LogP contribution is -2.42. The number of benzene rings is 1. The second kappa shape index (κ2) is 6.61. The molecule has 0 bridgehead atoms. The van der Waals surface area contributed by atoms with Gasteiger partial charge in [-0.3, -0.25) is 0 Å². The van der Waals surface area contributed by atoms with Gasteiger partial charge in [-0.2, -0.15) is 4.31 Å². The van der Waals surface area contributed by atoms with Crippen LogP contribution in [0, 0.1) is 0 Å². The summed E-state index contributed by atoms with van der Waals surface area (Å²) in [6.45, 7) is 2.28. The number of nitrogens with zero attached hydrogens (tertiary/aromatic N) is 1. The van der Waals surface area contributed by atoms with Crippen molar-refractivity contribution in [3.05, 3.63) is 40.3 Å². The largest absolute Gasteiger partial charge is 0.239 e. The molecular weight excluding hydrogens is 346 g/mol. The second-order valence-corrected chi connectivity index (χ2v) is 10.7. The van der Waals surface area contributed by atoms with Crippen LogP contribution < -0.4 is 0 Å². The minimum atomic E-state index is -3.63. The topological polar surface area (TPSA) is 71.5 Å². The molecule has 0 N–H and O–H groups in total. The van der Waals surface area contributed by atoms with E-state index >= 15 is 0 Å². The van der Waals surface area contributed by atoms with Crippen LogP contribution in [0.15, 0.2) is 29.2 Å². The van der Waals surface area contributed by atoms with Crippen molar-refractivity contribution in [2.24, 2.45) is 0 Å². The number of rotatable bonds is 5. The summed E-state index contributed by atoms with van der Waals surface area (Å²) in [4.78, 5) is 0.402. The molecule has 24 heavy (non-hydrogen) atoms. The maximum Gasteiger partial charge on any atom is 0.239 e. The Morgan fingerprint density at radius 3 is 2.62 bits per heavy atom. The molecule has 1 aromatic carbocycles. The first-order valence-electron chi connectivity index (χ1n) is 8.34. The Bertz CT molecular complexity index is 856. The smallest absolute Gasteiger partial charge is 0.229 e. The van der Waals surface area contributed by atoms with Gasteiger partial charge in [-0.05, 0) is 42.9 Å². The molecular formula is C17H23NO4S2. The van der Waals surface area contributed by atoms with Crippen molar-refractivity contribution >= 4 is 25.9 Å². The minimum absolute atomic E-state index is 0.0594. The van der Waals surface area contributed by atoms with Crippen molar-refractivity contribution in [3.63, 3.8) is 0 Å². The van der Waals surface area contributed by atoms with Gasteiger partial charge in [0, 0.05) is 12.6 Å². The number of sulfone groups is 1. The molecule has 1 saturated heterocycles. The number of allylic oxidation sites excluding steroid dienone is 1. The van der Waals surface area contributed by atoms with Gasteiger partial charge in [-0.25, -0.2) is 16.8 Å². The van der Waals surface area contributed by atoms with Gasteiger partial charge in [0.15, 0.2) is 9.84 Å². The summed E-state index contributed by atoms with van der Waals surface area (Å²) in [5.74, 6) is 0.0192. The summed E-state index contributed by atoms with van der Waals surface area (Å²) in [6, 6.07) is 7.37. The molecule has 2 aliphatic rings. The molecule has 3 rings (SSSR count). The van der Waals surface area contributed by atoms with Gasteiger partial charge in [0.1, 0.15) is 0 Å². The van der Waals surface area contributed by atoms with Gasteiger partial charge in [0.2, 0.25) is 10.0 Å². The number of hydrogen-bond acceptors (Lipinski definition) is 4. The number of aryl methyl sites for hydroxylation is 1. The van der Waals surface area contributed by atoms with Crippen LogP contribution in [0.2, 0.25) is 0 Å². The van der Waals surface area contributed by atoms with E-state index in [0.29, 0.717) is 37.1 Å². The third kappa shape index (κ3) is 3.43. The zero-order valence-electron chi connectivity index (χ0n) is 13.8. The molecule has 132 valence electrons. The quantitative estimate of drug-likeness (QED) is 0.798. The molecule has 1 aliphatic heterocycles. The molecule has 1 aliphatic carbocycles. The maximum absolute atomic E-state index is 13.1. The lowest BCUT2D eigenvalue weighted by atomic mass is 9.98. The summed E-state index contributed by atoms with van der Waals surface area (Å²) in [7, 11) is -6.76. The normalized spacial score (nSPS) is 23.1. The van der Waals surface area contributed by atoms with Crippen molar-refractivity contribution in [1.82, 2.24) is 4.31 Å². The average Bonchev–Trinajstić information content (AvgIpc) is 2.91. The van der Waals surface area contributed by atoms with Crippen molar-refractivity contribution in [2.75, 3.05) is 18.1 Å². The molecule has 1 atom stereocenters. The monoisotopic (exact) mass is 369 g/mol. The fourth-order valence-corrected chi connectivity index (χ4v) is 7.24. The van der Waals surface area contributed by atoms with E-state index in [4.69, 9.17) is 0 Å². The van der Waals surface area contributed by atoms with Crippen LogP contribution in [0.4, 0.5) is 0 Å². The first-order valence-corrected chi connectivity index (χ1v) is 11.6. The second-order valence-electron chi connectivity index (χ2n) is 6.48. The molecule has 1 aromatic rings. The summed E-state index contributed by atoms with van der Waals surface area (Å²) in [5.41, 5.74) is 2.10. The van der Waals surface area contributed by atoms with Crippen LogP contribution in [-0.2, 0) is 26.3 Å². The van der Waals surface area contributed by atoms with Crippen molar-refractivity contribution in [2.45, 2.75) is 38.6 Å². The standard InChI is InChI=1S/C17H23NO4S2/c1-2-10-18(16-9-11-23(19,20)13-16)24(21,22)17-8-7-14-5-3-4-6-15(14)12-17/h3-6,12,16H,2,7-11,13H2,1H3/t16-/m1/s1. The molecule has 0 aromatic heterocycles. The Kier molecular flexibility index (Phi) is 4.86. The lowest BCUT2D eigenvalue weighted by Gasteiger charge is -2.29. The fourth-order valence-electron chi connectivity index (χ4n) is 3.48. The third-order valence-corrected chi connectivity index (χ3v) is 8.55. The van der Waals surface area contributed by atoms with Gasteiger partial charge in [0.05, 0.1) is 16.4 Å². The summed E-state index contributed by atoms with van der Waals surface area (Å²) in [5, 5.41) is 0. The molecule has 0 radical (unpaired) electrons. The van der Waals surface area contributed by atoms with Gasteiger partial charge in [0.25, 0.3) is 0 Å². The SMILES string of the molecule is CCCN([C@@H]1CCS(=O)(=O)C1)S(=O)(=O)C1=Cc2ccccc2CC1. The van der Waals surface area contributed by atoms with Crippen LogP contribution in [0.1, 0.15) is 37.3 Å². The van der Waals surface area contributed by atoms with E-state index in [1.54, 1.807) is 6.08 Å². The van der Waals surface area contributed by atoms with Crippen LogP contribution in [-0.4, -0.2) is 45.2 Å². The van der Waals surface area contributed by atoms with Crippen molar-refractivity contribution in [1.29, 1.82) is 0 Å². The van der Waals surface area contributed by atoms with E-state index in [9.17, 15) is 16.8 Å². The van der Waals surface area contributed by atoms with Gasteiger partial charge in [-0.15, -0.1) is 0 Å². The molecule has 0 saturated carbocycles. The Hall–Kier alpha value is -1.18. The highest BCUT2D eigenvalue weighted by atomic mass is 32.2. The number of sulfonamides is 1. The predicted molar refractivity (Wildman–Crippen MR) is 95.7 cm³/mol. The Balaban J connectivity index is 1.94. The molecule has 0 spiro atoms. The molecule has 0 unspecified atom stereocenters. The van der Waals surface area contributed by atoms with Crippen LogP contribution >= 0.6 is 0 Å². The number of hydrogen-bond donors (Lipinski definition) is 0. The van der Waals surface area contributed by atoms with Gasteiger partial charge in [-0.1, -0.05) is 31.2 Å². The fraction of sp³-hybridized carbons (Fsp3) is 0.529. The average molecular weight is 370 g/mol. The van der Waals surface area contributed by atoms with Crippen LogP contribution in [0.5, 0.6) is 0 Å². The molecule has 0 amide bonds. The van der Waals surface area contributed by atoms with Crippen LogP contribution in [0.25, 0.3) is 6.08 Å². The predicted octanol–water partition coefficient (Wildman–Crippen LogP) is 2.20. The molecule has 1 heterocycles. The summed E-state index contributed by atoms with van der Waals surface area (Å²) >= 11 is 0. The lowest BCUT2D eigenvalue weighted by molar-refractivity contribution is 0.343. The summed E-state index contributed by atoms with van der Waals surface area (Å²) in [6.07, 6.45) is 3.98. The van der Waals surface area contributed by atoms with E-state index in [0.717, 1.165) is 11.1 Å². The first kappa shape index (κ1) is 17.6. The van der Waals surface area contributed by atoms with Crippen molar-refractivity contribution in [3.8, 4) is 0 Å². The van der Waals surface area contributed by atoms with E-state index in [1.807, 2.05) is 31.2 Å². The highest BCUT2D eigenvalue weighted by molar-refractivity contribution is 7.93. The Morgan fingerprint density at radius 1 is 1.21 bits per heavy atom. The Morgan fingerprint density at radius 2 is 1.96 bits per heavy atom. The molecule has 1 fully saturated rings. The molecule has 5 nitrogen and oxygen atoms in total. The zero-order chi connectivity index (χ0) is 17.4.